The molecule has 0 saturated heterocycles. The van der Waals surface area contributed by atoms with Crippen LogP contribution in [0.4, 0.5) is 0 Å². The Labute approximate surface area is 131 Å². The molecule has 2 nitrogen and oxygen atoms in total. The molecule has 0 spiro atoms. The third-order valence-electron chi connectivity index (χ3n) is 4.77. The van der Waals surface area contributed by atoms with Gasteiger partial charge in [-0.2, -0.15) is 0 Å². The van der Waals surface area contributed by atoms with Crippen LogP contribution in [-0.2, 0) is 19.3 Å². The van der Waals surface area contributed by atoms with Crippen LogP contribution in [0.1, 0.15) is 42.3 Å². The van der Waals surface area contributed by atoms with E-state index in [2.05, 4.69) is 44.2 Å². The highest BCUT2D eigenvalue weighted by molar-refractivity contribution is 5.84. The molecule has 4 rings (SSSR count). The molecule has 0 aliphatic heterocycles. The number of pyridine rings is 1. The first-order valence-electron chi connectivity index (χ1n) is 8.27. The zero-order chi connectivity index (χ0) is 15.1. The fraction of sp³-hybridized carbons (Fsp3) is 0.350. The van der Waals surface area contributed by atoms with Crippen LogP contribution < -0.4 is 0 Å². The Bertz CT molecular complexity index is 821. The third-order valence-corrected chi connectivity index (χ3v) is 4.77. The lowest BCUT2D eigenvalue weighted by Gasteiger charge is -2.07. The molecule has 0 radical (unpaired) electrons. The number of hydrogen-bond donors (Lipinski definition) is 0. The first-order chi connectivity index (χ1) is 10.7. The maximum atomic E-state index is 6.10. The van der Waals surface area contributed by atoms with Gasteiger partial charge < -0.3 is 4.42 Å². The summed E-state index contributed by atoms with van der Waals surface area (Å²) in [5, 5.41) is 1.20. The Kier molecular flexibility index (Phi) is 3.25. The van der Waals surface area contributed by atoms with E-state index in [1.54, 1.807) is 0 Å². The topological polar surface area (TPSA) is 26.0 Å². The van der Waals surface area contributed by atoms with Gasteiger partial charge in [-0.05, 0) is 74.1 Å². The average molecular weight is 291 g/mol. The van der Waals surface area contributed by atoms with Crippen molar-refractivity contribution >= 4 is 10.9 Å². The van der Waals surface area contributed by atoms with Gasteiger partial charge >= 0.3 is 0 Å². The summed E-state index contributed by atoms with van der Waals surface area (Å²) >= 11 is 0. The molecule has 0 amide bonds. The Morgan fingerprint density at radius 2 is 1.95 bits per heavy atom. The number of hydrogen-bond acceptors (Lipinski definition) is 2. The monoisotopic (exact) mass is 291 g/mol. The van der Waals surface area contributed by atoms with Gasteiger partial charge in [-0.1, -0.05) is 6.92 Å². The van der Waals surface area contributed by atoms with Crippen molar-refractivity contribution in [3.8, 4) is 11.3 Å². The second kappa shape index (κ2) is 5.28. The SMILES string of the molecule is CCc1cc2cc(-c3cc4c(o3)CCCC4)ccc2nc1C. The van der Waals surface area contributed by atoms with E-state index < -0.39 is 0 Å². The summed E-state index contributed by atoms with van der Waals surface area (Å²) in [6.07, 6.45) is 5.80. The van der Waals surface area contributed by atoms with Crippen LogP contribution in [0.5, 0.6) is 0 Å². The number of aromatic nitrogens is 1. The highest BCUT2D eigenvalue weighted by atomic mass is 16.3. The average Bonchev–Trinajstić information content (AvgIpc) is 2.98. The fourth-order valence-electron chi connectivity index (χ4n) is 3.46. The molecule has 112 valence electrons. The molecule has 0 N–H and O–H groups in total. The summed E-state index contributed by atoms with van der Waals surface area (Å²) in [5.74, 6) is 2.20. The lowest BCUT2D eigenvalue weighted by molar-refractivity contribution is 0.487. The minimum absolute atomic E-state index is 1.01. The molecule has 2 heteroatoms. The Hall–Kier alpha value is -2.09. The minimum Gasteiger partial charge on any atom is -0.461 e. The number of furan rings is 1. The summed E-state index contributed by atoms with van der Waals surface area (Å²) < 4.78 is 6.10. The number of fused-ring (bicyclic) bond motifs is 2. The third kappa shape index (κ3) is 2.23. The van der Waals surface area contributed by atoms with Crippen molar-refractivity contribution in [1.29, 1.82) is 0 Å². The first-order valence-corrected chi connectivity index (χ1v) is 8.27. The molecular weight excluding hydrogens is 270 g/mol. The van der Waals surface area contributed by atoms with Crippen LogP contribution in [0, 0.1) is 6.92 Å². The summed E-state index contributed by atoms with van der Waals surface area (Å²) in [5.41, 5.74) is 6.08. The maximum Gasteiger partial charge on any atom is 0.134 e. The lowest BCUT2D eigenvalue weighted by Crippen LogP contribution is -1.97. The van der Waals surface area contributed by atoms with Crippen molar-refractivity contribution in [2.75, 3.05) is 0 Å². The van der Waals surface area contributed by atoms with E-state index in [-0.39, 0.29) is 0 Å². The van der Waals surface area contributed by atoms with E-state index in [0.29, 0.717) is 0 Å². The smallest absolute Gasteiger partial charge is 0.134 e. The predicted molar refractivity (Wildman–Crippen MR) is 90.2 cm³/mol. The van der Waals surface area contributed by atoms with Gasteiger partial charge in [0.25, 0.3) is 0 Å². The van der Waals surface area contributed by atoms with Crippen LogP contribution in [0.25, 0.3) is 22.2 Å². The fourth-order valence-corrected chi connectivity index (χ4v) is 3.46. The van der Waals surface area contributed by atoms with E-state index >= 15 is 0 Å². The molecule has 2 aromatic heterocycles. The van der Waals surface area contributed by atoms with Crippen LogP contribution in [0.3, 0.4) is 0 Å². The van der Waals surface area contributed by atoms with Crippen molar-refractivity contribution in [2.24, 2.45) is 0 Å². The van der Waals surface area contributed by atoms with E-state index in [1.807, 2.05) is 0 Å². The second-order valence-corrected chi connectivity index (χ2v) is 6.26. The molecule has 1 aromatic carbocycles. The van der Waals surface area contributed by atoms with Gasteiger partial charge in [-0.25, -0.2) is 0 Å². The molecule has 0 fully saturated rings. The standard InChI is InChI=1S/C20H21NO/c1-3-14-10-17-11-16(8-9-18(17)21-13(14)2)20-12-15-6-4-5-7-19(15)22-20/h8-12H,3-7H2,1-2H3. The summed E-state index contributed by atoms with van der Waals surface area (Å²) in [6, 6.07) is 11.0. The van der Waals surface area contributed by atoms with Gasteiger partial charge in [0, 0.05) is 23.1 Å². The van der Waals surface area contributed by atoms with Crippen LogP contribution >= 0.6 is 0 Å². The molecule has 3 aromatic rings. The van der Waals surface area contributed by atoms with Crippen molar-refractivity contribution in [3.63, 3.8) is 0 Å². The Balaban J connectivity index is 1.81. The molecular formula is C20H21NO. The van der Waals surface area contributed by atoms with Crippen LogP contribution in [0.15, 0.2) is 34.7 Å². The molecule has 0 saturated carbocycles. The van der Waals surface area contributed by atoms with Crippen molar-refractivity contribution in [1.82, 2.24) is 4.98 Å². The zero-order valence-corrected chi connectivity index (χ0v) is 13.3. The highest BCUT2D eigenvalue weighted by Crippen LogP contribution is 2.32. The lowest BCUT2D eigenvalue weighted by atomic mass is 9.98. The zero-order valence-electron chi connectivity index (χ0n) is 13.3. The number of aryl methyl sites for hydroxylation is 4. The quantitative estimate of drug-likeness (QED) is 0.645. The molecule has 0 bridgehead atoms. The van der Waals surface area contributed by atoms with E-state index in [1.165, 1.54) is 35.1 Å². The molecule has 1 aliphatic carbocycles. The van der Waals surface area contributed by atoms with Crippen LogP contribution in [0.2, 0.25) is 0 Å². The second-order valence-electron chi connectivity index (χ2n) is 6.26. The molecule has 2 heterocycles. The normalized spacial score (nSPS) is 14.3. The Morgan fingerprint density at radius 3 is 2.77 bits per heavy atom. The predicted octanol–water partition coefficient (Wildman–Crippen LogP) is 5.24. The molecule has 0 atom stereocenters. The van der Waals surface area contributed by atoms with Gasteiger partial charge in [0.1, 0.15) is 11.5 Å². The summed E-state index contributed by atoms with van der Waals surface area (Å²) in [4.78, 5) is 4.72. The van der Waals surface area contributed by atoms with E-state index in [4.69, 9.17) is 9.40 Å². The van der Waals surface area contributed by atoms with Crippen molar-refractivity contribution in [2.45, 2.75) is 46.0 Å². The minimum atomic E-state index is 1.01. The number of benzene rings is 1. The first kappa shape index (κ1) is 13.6. The summed E-state index contributed by atoms with van der Waals surface area (Å²) in [7, 11) is 0. The van der Waals surface area contributed by atoms with Crippen molar-refractivity contribution in [3.05, 3.63) is 52.9 Å². The van der Waals surface area contributed by atoms with Gasteiger partial charge in [-0.15, -0.1) is 0 Å². The summed E-state index contributed by atoms with van der Waals surface area (Å²) in [6.45, 7) is 4.27. The molecule has 0 unspecified atom stereocenters. The van der Waals surface area contributed by atoms with Gasteiger partial charge in [0.05, 0.1) is 5.52 Å². The number of nitrogens with zero attached hydrogens (tertiary/aromatic N) is 1. The van der Waals surface area contributed by atoms with Crippen molar-refractivity contribution < 1.29 is 4.42 Å². The Morgan fingerprint density at radius 1 is 1.09 bits per heavy atom. The number of rotatable bonds is 2. The van der Waals surface area contributed by atoms with Gasteiger partial charge in [0.15, 0.2) is 0 Å². The van der Waals surface area contributed by atoms with Gasteiger partial charge in [0.2, 0.25) is 0 Å². The largest absolute Gasteiger partial charge is 0.461 e. The molecule has 22 heavy (non-hydrogen) atoms. The highest BCUT2D eigenvalue weighted by Gasteiger charge is 2.16. The van der Waals surface area contributed by atoms with E-state index in [0.717, 1.165) is 41.8 Å². The molecule has 1 aliphatic rings. The van der Waals surface area contributed by atoms with E-state index in [9.17, 15) is 0 Å². The van der Waals surface area contributed by atoms with Crippen LogP contribution in [-0.4, -0.2) is 4.98 Å². The maximum absolute atomic E-state index is 6.10. The van der Waals surface area contributed by atoms with Gasteiger partial charge in [-0.3, -0.25) is 4.98 Å².